The Kier molecular flexibility index (Phi) is 2.36. The highest BCUT2D eigenvalue weighted by molar-refractivity contribution is 7.89. The smallest absolute Gasteiger partial charge is 0.238 e. The molecule has 0 aliphatic heterocycles. The summed E-state index contributed by atoms with van der Waals surface area (Å²) in [5, 5.41) is 5.10. The van der Waals surface area contributed by atoms with E-state index in [9.17, 15) is 13.2 Å². The first-order valence-electron chi connectivity index (χ1n) is 4.64. The van der Waals surface area contributed by atoms with Gasteiger partial charge in [0.25, 0.3) is 0 Å². The molecule has 1 aliphatic carbocycles. The van der Waals surface area contributed by atoms with Gasteiger partial charge in [0.05, 0.1) is 4.90 Å². The lowest BCUT2D eigenvalue weighted by molar-refractivity contribution is 0.112. The SMILES string of the molecule is NS(=O)(=O)c1ccc(C=O)cc1C1CC1. The van der Waals surface area contributed by atoms with Crippen molar-refractivity contribution in [2.45, 2.75) is 23.7 Å². The minimum Gasteiger partial charge on any atom is -0.298 e. The molecule has 15 heavy (non-hydrogen) atoms. The third kappa shape index (κ3) is 2.08. The molecule has 0 amide bonds. The Labute approximate surface area is 88.1 Å². The Bertz CT molecular complexity index is 503. The highest BCUT2D eigenvalue weighted by Crippen LogP contribution is 2.42. The van der Waals surface area contributed by atoms with Crippen molar-refractivity contribution in [1.82, 2.24) is 0 Å². The summed E-state index contributed by atoms with van der Waals surface area (Å²) in [7, 11) is -3.68. The summed E-state index contributed by atoms with van der Waals surface area (Å²) in [4.78, 5) is 10.7. The molecule has 0 atom stereocenters. The van der Waals surface area contributed by atoms with Crippen LogP contribution in [0.3, 0.4) is 0 Å². The van der Waals surface area contributed by atoms with Gasteiger partial charge in [-0.25, -0.2) is 13.6 Å². The van der Waals surface area contributed by atoms with Gasteiger partial charge in [-0.05, 0) is 36.5 Å². The Morgan fingerprint density at radius 2 is 2.00 bits per heavy atom. The fourth-order valence-corrected chi connectivity index (χ4v) is 2.42. The first-order valence-corrected chi connectivity index (χ1v) is 6.19. The first-order chi connectivity index (χ1) is 7.02. The zero-order chi connectivity index (χ0) is 11.1. The van der Waals surface area contributed by atoms with E-state index in [2.05, 4.69) is 0 Å². The highest BCUT2D eigenvalue weighted by atomic mass is 32.2. The van der Waals surface area contributed by atoms with E-state index in [-0.39, 0.29) is 10.8 Å². The van der Waals surface area contributed by atoms with Crippen molar-refractivity contribution < 1.29 is 13.2 Å². The molecule has 0 bridgehead atoms. The first kappa shape index (κ1) is 10.3. The number of aldehydes is 1. The van der Waals surface area contributed by atoms with Crippen LogP contribution in [-0.2, 0) is 10.0 Å². The van der Waals surface area contributed by atoms with E-state index in [1.54, 1.807) is 6.07 Å². The van der Waals surface area contributed by atoms with Crippen LogP contribution in [0, 0.1) is 0 Å². The molecule has 1 saturated carbocycles. The minimum atomic E-state index is -3.68. The maximum atomic E-state index is 11.3. The normalized spacial score (nSPS) is 16.3. The quantitative estimate of drug-likeness (QED) is 0.780. The Morgan fingerprint density at radius 1 is 1.33 bits per heavy atom. The lowest BCUT2D eigenvalue weighted by atomic mass is 10.1. The molecule has 5 heteroatoms. The van der Waals surface area contributed by atoms with Crippen LogP contribution in [0.15, 0.2) is 23.1 Å². The van der Waals surface area contributed by atoms with Gasteiger partial charge in [-0.3, -0.25) is 4.79 Å². The Hall–Kier alpha value is -1.20. The van der Waals surface area contributed by atoms with Crippen molar-refractivity contribution in [2.75, 3.05) is 0 Å². The third-order valence-electron chi connectivity index (χ3n) is 2.49. The number of benzene rings is 1. The lowest BCUT2D eigenvalue weighted by Gasteiger charge is -2.06. The molecule has 0 heterocycles. The van der Waals surface area contributed by atoms with Crippen LogP contribution >= 0.6 is 0 Å². The van der Waals surface area contributed by atoms with Crippen molar-refractivity contribution in [3.05, 3.63) is 29.3 Å². The number of hydrogen-bond acceptors (Lipinski definition) is 3. The second-order valence-corrected chi connectivity index (χ2v) is 5.26. The second-order valence-electron chi connectivity index (χ2n) is 3.73. The van der Waals surface area contributed by atoms with Gasteiger partial charge in [0, 0.05) is 5.56 Å². The van der Waals surface area contributed by atoms with Crippen LogP contribution in [0.2, 0.25) is 0 Å². The molecule has 0 spiro atoms. The number of carbonyl (C=O) groups is 1. The molecular weight excluding hydrogens is 214 g/mol. The fraction of sp³-hybridized carbons (Fsp3) is 0.300. The number of primary sulfonamides is 1. The minimum absolute atomic E-state index is 0.149. The molecule has 0 aromatic heterocycles. The van der Waals surface area contributed by atoms with Gasteiger partial charge in [-0.2, -0.15) is 0 Å². The largest absolute Gasteiger partial charge is 0.298 e. The summed E-state index contributed by atoms with van der Waals surface area (Å²) in [6.07, 6.45) is 2.63. The van der Waals surface area contributed by atoms with Crippen LogP contribution in [0.25, 0.3) is 0 Å². The summed E-state index contributed by atoms with van der Waals surface area (Å²) in [5.74, 6) is 0.248. The van der Waals surface area contributed by atoms with Gasteiger partial charge in [0.1, 0.15) is 6.29 Å². The maximum absolute atomic E-state index is 11.3. The monoisotopic (exact) mass is 225 g/mol. The van der Waals surface area contributed by atoms with Gasteiger partial charge in [0.15, 0.2) is 0 Å². The van der Waals surface area contributed by atoms with E-state index in [1.165, 1.54) is 12.1 Å². The lowest BCUT2D eigenvalue weighted by Crippen LogP contribution is -2.14. The molecular formula is C10H11NO3S. The van der Waals surface area contributed by atoms with Crippen molar-refractivity contribution in [1.29, 1.82) is 0 Å². The molecule has 2 N–H and O–H groups in total. The van der Waals surface area contributed by atoms with Crippen molar-refractivity contribution in [3.63, 3.8) is 0 Å². The third-order valence-corrected chi connectivity index (χ3v) is 3.48. The molecule has 1 aliphatic rings. The average molecular weight is 225 g/mol. The van der Waals surface area contributed by atoms with E-state index in [1.807, 2.05) is 0 Å². The van der Waals surface area contributed by atoms with E-state index >= 15 is 0 Å². The summed E-state index contributed by atoms with van der Waals surface area (Å²) in [6.45, 7) is 0. The number of sulfonamides is 1. The van der Waals surface area contributed by atoms with E-state index in [0.29, 0.717) is 17.4 Å². The van der Waals surface area contributed by atoms with Crippen molar-refractivity contribution in [2.24, 2.45) is 5.14 Å². The number of hydrogen-bond donors (Lipinski definition) is 1. The molecule has 80 valence electrons. The van der Waals surface area contributed by atoms with Gasteiger partial charge in [-0.1, -0.05) is 6.07 Å². The fourth-order valence-electron chi connectivity index (χ4n) is 1.61. The van der Waals surface area contributed by atoms with Gasteiger partial charge in [-0.15, -0.1) is 0 Å². The molecule has 1 fully saturated rings. The average Bonchev–Trinajstić information content (AvgIpc) is 2.98. The van der Waals surface area contributed by atoms with Gasteiger partial charge < -0.3 is 0 Å². The van der Waals surface area contributed by atoms with Crippen molar-refractivity contribution in [3.8, 4) is 0 Å². The highest BCUT2D eigenvalue weighted by Gasteiger charge is 2.29. The summed E-state index contributed by atoms with van der Waals surface area (Å²) >= 11 is 0. The molecule has 1 aromatic carbocycles. The summed E-state index contributed by atoms with van der Waals surface area (Å²) in [5.41, 5.74) is 1.17. The van der Waals surface area contributed by atoms with Crippen LogP contribution in [0.4, 0.5) is 0 Å². The maximum Gasteiger partial charge on any atom is 0.238 e. The van der Waals surface area contributed by atoms with Crippen LogP contribution in [0.5, 0.6) is 0 Å². The molecule has 4 nitrogen and oxygen atoms in total. The predicted octanol–water partition coefficient (Wildman–Crippen LogP) is 1.02. The zero-order valence-electron chi connectivity index (χ0n) is 8.01. The summed E-state index contributed by atoms with van der Waals surface area (Å²) < 4.78 is 22.6. The molecule has 0 saturated heterocycles. The Morgan fingerprint density at radius 3 is 2.47 bits per heavy atom. The number of carbonyl (C=O) groups excluding carboxylic acids is 1. The van der Waals surface area contributed by atoms with E-state index < -0.39 is 10.0 Å². The molecule has 0 radical (unpaired) electrons. The molecule has 2 rings (SSSR count). The topological polar surface area (TPSA) is 77.2 Å². The second kappa shape index (κ2) is 3.43. The van der Waals surface area contributed by atoms with Crippen LogP contribution in [-0.4, -0.2) is 14.7 Å². The number of rotatable bonds is 3. The van der Waals surface area contributed by atoms with E-state index in [4.69, 9.17) is 5.14 Å². The molecule has 0 unspecified atom stereocenters. The number of nitrogens with two attached hydrogens (primary N) is 1. The molecule has 1 aromatic rings. The Balaban J connectivity index is 2.59. The van der Waals surface area contributed by atoms with Crippen LogP contribution in [0.1, 0.15) is 34.7 Å². The van der Waals surface area contributed by atoms with Crippen LogP contribution < -0.4 is 5.14 Å². The zero-order valence-corrected chi connectivity index (χ0v) is 8.83. The van der Waals surface area contributed by atoms with Crippen molar-refractivity contribution >= 4 is 16.3 Å². The van der Waals surface area contributed by atoms with E-state index in [0.717, 1.165) is 12.8 Å². The van der Waals surface area contributed by atoms with Gasteiger partial charge in [0.2, 0.25) is 10.0 Å². The summed E-state index contributed by atoms with van der Waals surface area (Å²) in [6, 6.07) is 4.50. The predicted molar refractivity (Wildman–Crippen MR) is 55.2 cm³/mol. The standard InChI is InChI=1S/C10H11NO3S/c11-15(13,14)10-4-1-7(6-12)5-9(10)8-2-3-8/h1,4-6,8H,2-3H2,(H2,11,13,14). The van der Waals surface area contributed by atoms with Gasteiger partial charge >= 0.3 is 0 Å².